The summed E-state index contributed by atoms with van der Waals surface area (Å²) in [5.74, 6) is 0.198. The Kier molecular flexibility index (Phi) is 4.49. The van der Waals surface area contributed by atoms with Gasteiger partial charge in [-0.2, -0.15) is 0 Å². The second-order valence-electron chi connectivity index (χ2n) is 6.83. The Morgan fingerprint density at radius 1 is 1.28 bits per heavy atom. The highest BCUT2D eigenvalue weighted by Gasteiger charge is 2.50. The number of hydrogen-bond donors (Lipinski definition) is 1. The molecule has 1 heterocycles. The summed E-state index contributed by atoms with van der Waals surface area (Å²) in [6, 6.07) is 5.76. The molecule has 0 bridgehead atoms. The van der Waals surface area contributed by atoms with Gasteiger partial charge in [0.15, 0.2) is 0 Å². The van der Waals surface area contributed by atoms with Crippen LogP contribution in [0.5, 0.6) is 5.75 Å². The summed E-state index contributed by atoms with van der Waals surface area (Å²) in [5, 5.41) is 0. The van der Waals surface area contributed by atoms with Crippen LogP contribution in [-0.2, 0) is 19.6 Å². The molecule has 2 fully saturated rings. The summed E-state index contributed by atoms with van der Waals surface area (Å²) in [7, 11) is -2.51. The molecule has 2 aliphatic rings. The van der Waals surface area contributed by atoms with E-state index in [4.69, 9.17) is 4.74 Å². The van der Waals surface area contributed by atoms with Crippen molar-refractivity contribution in [2.24, 2.45) is 5.92 Å². The molecule has 1 aromatic rings. The van der Waals surface area contributed by atoms with Gasteiger partial charge in [0.05, 0.1) is 12.0 Å². The van der Waals surface area contributed by atoms with Gasteiger partial charge in [-0.1, -0.05) is 0 Å². The van der Waals surface area contributed by atoms with Crippen molar-refractivity contribution in [3.63, 3.8) is 0 Å². The largest absolute Gasteiger partial charge is 0.497 e. The Labute approximate surface area is 147 Å². The molecule has 25 heavy (non-hydrogen) atoms. The summed E-state index contributed by atoms with van der Waals surface area (Å²) < 4.78 is 31.9. The number of amides is 2. The zero-order valence-electron chi connectivity index (χ0n) is 14.3. The minimum Gasteiger partial charge on any atom is -0.497 e. The van der Waals surface area contributed by atoms with Gasteiger partial charge in [-0.3, -0.25) is 9.59 Å². The number of nitrogens with one attached hydrogen (secondary N) is 1. The van der Waals surface area contributed by atoms with E-state index in [9.17, 15) is 18.0 Å². The standard InChI is InChI=1S/C17H22N2O5S/c1-17(9-10-19(17)15(20)11-12-3-4-12)16(21)18-25(22,23)14-7-5-13(24-2)6-8-14/h5-8,12H,3-4,9-11H2,1-2H3,(H,18,21). The van der Waals surface area contributed by atoms with Gasteiger partial charge >= 0.3 is 0 Å². The molecule has 0 spiro atoms. The van der Waals surface area contributed by atoms with Gasteiger partial charge < -0.3 is 9.64 Å². The summed E-state index contributed by atoms with van der Waals surface area (Å²) >= 11 is 0. The van der Waals surface area contributed by atoms with E-state index in [2.05, 4.69) is 4.72 Å². The van der Waals surface area contributed by atoms with Crippen LogP contribution in [0, 0.1) is 5.92 Å². The number of hydrogen-bond acceptors (Lipinski definition) is 5. The van der Waals surface area contributed by atoms with Crippen molar-refractivity contribution < 1.29 is 22.7 Å². The van der Waals surface area contributed by atoms with E-state index in [-0.39, 0.29) is 10.8 Å². The SMILES string of the molecule is COc1ccc(S(=O)(=O)NC(=O)C2(C)CCN2C(=O)CC2CC2)cc1. The lowest BCUT2D eigenvalue weighted by molar-refractivity contribution is -0.156. The minimum absolute atomic E-state index is 0.0274. The number of carbonyl (C=O) groups excluding carboxylic acids is 2. The lowest BCUT2D eigenvalue weighted by atomic mass is 9.85. The van der Waals surface area contributed by atoms with Crippen LogP contribution in [0.25, 0.3) is 0 Å². The fourth-order valence-electron chi connectivity index (χ4n) is 2.92. The number of benzene rings is 1. The van der Waals surface area contributed by atoms with Crippen LogP contribution < -0.4 is 9.46 Å². The highest BCUT2D eigenvalue weighted by Crippen LogP contribution is 2.37. The first-order chi connectivity index (χ1) is 11.8. The molecule has 3 rings (SSSR count). The summed E-state index contributed by atoms with van der Waals surface area (Å²) in [5.41, 5.74) is -1.11. The number of ether oxygens (including phenoxy) is 1. The lowest BCUT2D eigenvalue weighted by Crippen LogP contribution is -2.67. The Balaban J connectivity index is 1.70. The molecule has 1 saturated carbocycles. The average molecular weight is 366 g/mol. The molecule has 8 heteroatoms. The molecule has 2 amide bonds. The van der Waals surface area contributed by atoms with Crippen LogP contribution in [0.4, 0.5) is 0 Å². The predicted octanol–water partition coefficient (Wildman–Crippen LogP) is 1.29. The Bertz CT molecular complexity index is 786. The number of carbonyl (C=O) groups is 2. The number of sulfonamides is 1. The van der Waals surface area contributed by atoms with Crippen molar-refractivity contribution in [3.05, 3.63) is 24.3 Å². The fraction of sp³-hybridized carbons (Fsp3) is 0.529. The maximum atomic E-state index is 12.6. The van der Waals surface area contributed by atoms with Crippen LogP contribution >= 0.6 is 0 Å². The normalized spacial score (nSPS) is 22.9. The third-order valence-corrected chi connectivity index (χ3v) is 6.31. The third kappa shape index (κ3) is 3.49. The average Bonchev–Trinajstić information content (AvgIpc) is 3.36. The fourth-order valence-corrected chi connectivity index (χ4v) is 4.00. The van der Waals surface area contributed by atoms with Crippen molar-refractivity contribution >= 4 is 21.8 Å². The molecule has 1 aromatic carbocycles. The highest BCUT2D eigenvalue weighted by atomic mass is 32.2. The second-order valence-corrected chi connectivity index (χ2v) is 8.51. The van der Waals surface area contributed by atoms with Gasteiger partial charge in [-0.25, -0.2) is 13.1 Å². The lowest BCUT2D eigenvalue weighted by Gasteiger charge is -2.49. The molecule has 7 nitrogen and oxygen atoms in total. The molecule has 1 aliphatic carbocycles. The molecule has 0 aromatic heterocycles. The molecule has 136 valence electrons. The molecule has 1 N–H and O–H groups in total. The first-order valence-corrected chi connectivity index (χ1v) is 9.76. The van der Waals surface area contributed by atoms with Crippen LogP contribution in [0.1, 0.15) is 32.6 Å². The van der Waals surface area contributed by atoms with E-state index in [0.717, 1.165) is 12.8 Å². The topological polar surface area (TPSA) is 92.8 Å². The molecular formula is C17H22N2O5S. The smallest absolute Gasteiger partial charge is 0.264 e. The van der Waals surface area contributed by atoms with Gasteiger partial charge in [-0.05, 0) is 56.4 Å². The summed E-state index contributed by atoms with van der Waals surface area (Å²) in [4.78, 5) is 26.3. The minimum atomic E-state index is -4.00. The van der Waals surface area contributed by atoms with Crippen molar-refractivity contribution in [1.82, 2.24) is 9.62 Å². The first-order valence-electron chi connectivity index (χ1n) is 8.28. The van der Waals surface area contributed by atoms with Gasteiger partial charge in [0, 0.05) is 13.0 Å². The van der Waals surface area contributed by atoms with Crippen molar-refractivity contribution in [3.8, 4) is 5.75 Å². The number of nitrogens with zero attached hydrogens (tertiary/aromatic N) is 1. The Morgan fingerprint density at radius 2 is 1.92 bits per heavy atom. The quantitative estimate of drug-likeness (QED) is 0.819. The van der Waals surface area contributed by atoms with Crippen LogP contribution in [0.3, 0.4) is 0 Å². The second kappa shape index (κ2) is 6.33. The number of rotatable bonds is 6. The number of likely N-dealkylation sites (tertiary alicyclic amines) is 1. The van der Waals surface area contributed by atoms with E-state index in [1.165, 1.54) is 36.3 Å². The predicted molar refractivity (Wildman–Crippen MR) is 90.4 cm³/mol. The van der Waals surface area contributed by atoms with E-state index >= 15 is 0 Å². The third-order valence-electron chi connectivity index (χ3n) is 4.97. The van der Waals surface area contributed by atoms with Gasteiger partial charge in [0.25, 0.3) is 15.9 Å². The van der Waals surface area contributed by atoms with Gasteiger partial charge in [0.1, 0.15) is 11.3 Å². The van der Waals surface area contributed by atoms with Gasteiger partial charge in [-0.15, -0.1) is 0 Å². The molecular weight excluding hydrogens is 344 g/mol. The molecule has 1 aliphatic heterocycles. The Hall–Kier alpha value is -2.09. The monoisotopic (exact) mass is 366 g/mol. The zero-order valence-corrected chi connectivity index (χ0v) is 15.1. The van der Waals surface area contributed by atoms with E-state index < -0.39 is 21.5 Å². The molecule has 0 radical (unpaired) electrons. The summed E-state index contributed by atoms with van der Waals surface area (Å²) in [6.45, 7) is 2.10. The van der Waals surface area contributed by atoms with E-state index in [0.29, 0.717) is 31.1 Å². The van der Waals surface area contributed by atoms with Crippen LogP contribution in [-0.4, -0.2) is 44.3 Å². The molecule has 1 unspecified atom stereocenters. The van der Waals surface area contributed by atoms with Crippen molar-refractivity contribution in [1.29, 1.82) is 0 Å². The maximum Gasteiger partial charge on any atom is 0.264 e. The van der Waals surface area contributed by atoms with Crippen molar-refractivity contribution in [2.75, 3.05) is 13.7 Å². The zero-order chi connectivity index (χ0) is 18.2. The highest BCUT2D eigenvalue weighted by molar-refractivity contribution is 7.90. The number of methoxy groups -OCH3 is 1. The van der Waals surface area contributed by atoms with E-state index in [1.54, 1.807) is 6.92 Å². The maximum absolute atomic E-state index is 12.6. The van der Waals surface area contributed by atoms with Gasteiger partial charge in [0.2, 0.25) is 5.91 Å². The van der Waals surface area contributed by atoms with Crippen molar-refractivity contribution in [2.45, 2.75) is 43.0 Å². The first kappa shape index (κ1) is 17.7. The van der Waals surface area contributed by atoms with E-state index in [1.807, 2.05) is 0 Å². The summed E-state index contributed by atoms with van der Waals surface area (Å²) in [6.07, 6.45) is 2.99. The van der Waals surface area contributed by atoms with Crippen LogP contribution in [0.2, 0.25) is 0 Å². The Morgan fingerprint density at radius 3 is 2.40 bits per heavy atom. The van der Waals surface area contributed by atoms with Crippen LogP contribution in [0.15, 0.2) is 29.2 Å². The molecule has 1 atom stereocenters. The molecule has 1 saturated heterocycles.